The summed E-state index contributed by atoms with van der Waals surface area (Å²) in [5.41, 5.74) is 3.49. The SMILES string of the molecule is O=C(c1ccccc1)N1C=CC(c2c(-c3ccc(F)cc3)nc3n2CCS3)C=C1. The lowest BCUT2D eigenvalue weighted by Gasteiger charge is -2.21. The Balaban J connectivity index is 1.47. The van der Waals surface area contributed by atoms with Crippen molar-refractivity contribution in [3.8, 4) is 11.3 Å². The Morgan fingerprint density at radius 1 is 1.03 bits per heavy atom. The van der Waals surface area contributed by atoms with Gasteiger partial charge in [-0.05, 0) is 36.4 Å². The zero-order valence-electron chi connectivity index (χ0n) is 15.5. The quantitative estimate of drug-likeness (QED) is 0.613. The Morgan fingerprint density at radius 3 is 2.48 bits per heavy atom. The van der Waals surface area contributed by atoms with E-state index in [4.69, 9.17) is 4.98 Å². The van der Waals surface area contributed by atoms with Gasteiger partial charge in [-0.15, -0.1) is 0 Å². The molecule has 0 bridgehead atoms. The molecule has 0 fully saturated rings. The number of carbonyl (C=O) groups excluding carboxylic acids is 1. The molecule has 144 valence electrons. The lowest BCUT2D eigenvalue weighted by atomic mass is 9.98. The molecule has 5 rings (SSSR count). The number of thioether (sulfide) groups is 1. The molecule has 2 aliphatic heterocycles. The summed E-state index contributed by atoms with van der Waals surface area (Å²) in [4.78, 5) is 19.1. The van der Waals surface area contributed by atoms with Gasteiger partial charge in [0.1, 0.15) is 5.82 Å². The first kappa shape index (κ1) is 17.9. The van der Waals surface area contributed by atoms with E-state index in [-0.39, 0.29) is 17.6 Å². The van der Waals surface area contributed by atoms with Gasteiger partial charge in [-0.2, -0.15) is 0 Å². The minimum absolute atomic E-state index is 0.00479. The van der Waals surface area contributed by atoms with Crippen LogP contribution in [0.2, 0.25) is 0 Å². The van der Waals surface area contributed by atoms with Gasteiger partial charge in [0.2, 0.25) is 0 Å². The summed E-state index contributed by atoms with van der Waals surface area (Å²) in [7, 11) is 0. The van der Waals surface area contributed by atoms with E-state index in [0.717, 1.165) is 34.4 Å². The summed E-state index contributed by atoms with van der Waals surface area (Å²) in [5.74, 6) is 0.667. The van der Waals surface area contributed by atoms with E-state index in [1.807, 2.05) is 54.9 Å². The molecule has 0 spiro atoms. The molecule has 0 unspecified atom stereocenters. The molecule has 0 atom stereocenters. The molecule has 4 nitrogen and oxygen atoms in total. The number of amides is 1. The second kappa shape index (κ2) is 7.37. The number of imidazole rings is 1. The fraction of sp³-hybridized carbons (Fsp3) is 0.130. The molecule has 6 heteroatoms. The molecular weight excluding hydrogens is 385 g/mol. The number of benzene rings is 2. The first-order valence-corrected chi connectivity index (χ1v) is 10.4. The Hall–Kier alpha value is -3.12. The van der Waals surface area contributed by atoms with Crippen LogP contribution in [0.15, 0.2) is 84.3 Å². The Labute approximate surface area is 172 Å². The number of carbonyl (C=O) groups is 1. The van der Waals surface area contributed by atoms with Gasteiger partial charge in [0.25, 0.3) is 5.91 Å². The topological polar surface area (TPSA) is 38.1 Å². The minimum atomic E-state index is -0.260. The molecule has 0 radical (unpaired) electrons. The van der Waals surface area contributed by atoms with E-state index >= 15 is 0 Å². The van der Waals surface area contributed by atoms with Crippen LogP contribution in [0.25, 0.3) is 11.3 Å². The zero-order chi connectivity index (χ0) is 19.8. The van der Waals surface area contributed by atoms with E-state index < -0.39 is 0 Å². The number of nitrogens with zero attached hydrogens (tertiary/aromatic N) is 3. The summed E-state index contributed by atoms with van der Waals surface area (Å²) >= 11 is 1.73. The standard InChI is InChI=1S/C23H18FN3OS/c24-19-8-6-16(7-9-19)20-21(27-14-15-29-23(27)25-20)17-10-12-26(13-11-17)22(28)18-4-2-1-3-5-18/h1-13,17H,14-15H2. The van der Waals surface area contributed by atoms with Crippen molar-refractivity contribution in [2.75, 3.05) is 5.75 Å². The van der Waals surface area contributed by atoms with Crippen molar-refractivity contribution in [2.24, 2.45) is 0 Å². The van der Waals surface area contributed by atoms with Gasteiger partial charge in [-0.3, -0.25) is 9.69 Å². The number of rotatable bonds is 3. The molecule has 29 heavy (non-hydrogen) atoms. The molecule has 3 aromatic rings. The van der Waals surface area contributed by atoms with Crippen LogP contribution in [0.1, 0.15) is 22.0 Å². The highest BCUT2D eigenvalue weighted by Gasteiger charge is 2.27. The third kappa shape index (κ3) is 3.29. The van der Waals surface area contributed by atoms with Gasteiger partial charge >= 0.3 is 0 Å². The highest BCUT2D eigenvalue weighted by Crippen LogP contribution is 2.38. The zero-order valence-corrected chi connectivity index (χ0v) is 16.3. The van der Waals surface area contributed by atoms with Gasteiger partial charge in [0.05, 0.1) is 11.4 Å². The average Bonchev–Trinajstić information content (AvgIpc) is 3.36. The average molecular weight is 403 g/mol. The second-order valence-corrected chi connectivity index (χ2v) is 7.98. The first-order valence-electron chi connectivity index (χ1n) is 9.44. The van der Waals surface area contributed by atoms with Crippen molar-refractivity contribution in [1.82, 2.24) is 14.5 Å². The Kier molecular flexibility index (Phi) is 4.56. The van der Waals surface area contributed by atoms with E-state index in [2.05, 4.69) is 4.57 Å². The smallest absolute Gasteiger partial charge is 0.261 e. The molecule has 0 saturated heterocycles. The van der Waals surface area contributed by atoms with Crippen LogP contribution in [0.5, 0.6) is 0 Å². The van der Waals surface area contributed by atoms with Crippen LogP contribution >= 0.6 is 11.8 Å². The normalized spacial score (nSPS) is 15.7. The third-order valence-electron chi connectivity index (χ3n) is 5.11. The Morgan fingerprint density at radius 2 is 1.76 bits per heavy atom. The third-order valence-corrected chi connectivity index (χ3v) is 6.07. The van der Waals surface area contributed by atoms with Crippen LogP contribution in [0.4, 0.5) is 4.39 Å². The number of halogens is 1. The molecule has 2 aliphatic rings. The van der Waals surface area contributed by atoms with Crippen LogP contribution in [-0.4, -0.2) is 26.1 Å². The fourth-order valence-corrected chi connectivity index (χ4v) is 4.65. The maximum Gasteiger partial charge on any atom is 0.261 e. The minimum Gasteiger partial charge on any atom is -0.321 e. The van der Waals surface area contributed by atoms with Crippen molar-refractivity contribution in [2.45, 2.75) is 17.6 Å². The number of aromatic nitrogens is 2. The fourth-order valence-electron chi connectivity index (χ4n) is 3.69. The van der Waals surface area contributed by atoms with Crippen molar-refractivity contribution in [3.05, 3.63) is 96.2 Å². The van der Waals surface area contributed by atoms with Gasteiger partial charge in [0.15, 0.2) is 5.16 Å². The number of fused-ring (bicyclic) bond motifs is 1. The van der Waals surface area contributed by atoms with Crippen molar-refractivity contribution in [3.63, 3.8) is 0 Å². The van der Waals surface area contributed by atoms with Crippen LogP contribution in [0, 0.1) is 5.82 Å². The molecule has 2 aromatic carbocycles. The van der Waals surface area contributed by atoms with Gasteiger partial charge in [0, 0.05) is 41.7 Å². The van der Waals surface area contributed by atoms with Gasteiger partial charge in [-0.1, -0.05) is 42.1 Å². The molecule has 3 heterocycles. The van der Waals surface area contributed by atoms with E-state index in [0.29, 0.717) is 5.56 Å². The largest absolute Gasteiger partial charge is 0.321 e. The monoisotopic (exact) mass is 403 g/mol. The number of hydrogen-bond acceptors (Lipinski definition) is 3. The molecule has 1 amide bonds. The summed E-state index contributed by atoms with van der Waals surface area (Å²) < 4.78 is 15.6. The Bertz CT molecular complexity index is 1110. The summed E-state index contributed by atoms with van der Waals surface area (Å²) in [6.45, 7) is 0.897. The predicted octanol–water partition coefficient (Wildman–Crippen LogP) is 5.06. The van der Waals surface area contributed by atoms with E-state index in [9.17, 15) is 9.18 Å². The van der Waals surface area contributed by atoms with Crippen molar-refractivity contribution in [1.29, 1.82) is 0 Å². The first-order chi connectivity index (χ1) is 14.2. The molecular formula is C23H18FN3OS. The van der Waals surface area contributed by atoms with Crippen LogP contribution in [0.3, 0.4) is 0 Å². The maximum absolute atomic E-state index is 13.4. The summed E-state index contributed by atoms with van der Waals surface area (Å²) in [6, 6.07) is 15.7. The van der Waals surface area contributed by atoms with Crippen molar-refractivity contribution >= 4 is 17.7 Å². The molecule has 0 N–H and O–H groups in total. The van der Waals surface area contributed by atoms with E-state index in [1.54, 1.807) is 28.8 Å². The highest BCUT2D eigenvalue weighted by atomic mass is 32.2. The second-order valence-electron chi connectivity index (χ2n) is 6.92. The summed E-state index contributed by atoms with van der Waals surface area (Å²) in [5, 5.41) is 0.990. The van der Waals surface area contributed by atoms with E-state index in [1.165, 1.54) is 12.1 Å². The molecule has 1 aromatic heterocycles. The predicted molar refractivity (Wildman–Crippen MR) is 112 cm³/mol. The lowest BCUT2D eigenvalue weighted by Crippen LogP contribution is -2.22. The number of hydrogen-bond donors (Lipinski definition) is 0. The maximum atomic E-state index is 13.4. The summed E-state index contributed by atoms with van der Waals surface area (Å²) in [6.07, 6.45) is 7.66. The molecule has 0 aliphatic carbocycles. The van der Waals surface area contributed by atoms with Crippen LogP contribution < -0.4 is 0 Å². The van der Waals surface area contributed by atoms with Crippen molar-refractivity contribution < 1.29 is 9.18 Å². The highest BCUT2D eigenvalue weighted by molar-refractivity contribution is 7.99. The number of allylic oxidation sites excluding steroid dienone is 2. The molecule has 0 saturated carbocycles. The van der Waals surface area contributed by atoms with Gasteiger partial charge < -0.3 is 4.57 Å². The van der Waals surface area contributed by atoms with Crippen LogP contribution in [-0.2, 0) is 6.54 Å². The van der Waals surface area contributed by atoms with Gasteiger partial charge in [-0.25, -0.2) is 9.37 Å². The lowest BCUT2D eigenvalue weighted by molar-refractivity contribution is 0.0867.